The summed E-state index contributed by atoms with van der Waals surface area (Å²) < 4.78 is 1.18. The zero-order valence-corrected chi connectivity index (χ0v) is 13.8. The van der Waals surface area contributed by atoms with E-state index in [4.69, 9.17) is 5.73 Å². The molecule has 5 heteroatoms. The topological polar surface area (TPSA) is 55.1 Å². The van der Waals surface area contributed by atoms with Gasteiger partial charge in [-0.1, -0.05) is 36.4 Å². The van der Waals surface area contributed by atoms with Crippen LogP contribution in [0.1, 0.15) is 19.4 Å². The monoisotopic (exact) mass is 320 g/mol. The number of nitrogens with one attached hydrogen (secondary N) is 1. The van der Waals surface area contributed by atoms with E-state index in [1.165, 1.54) is 4.21 Å². The molecule has 1 heterocycles. The second kappa shape index (κ2) is 7.11. The van der Waals surface area contributed by atoms with E-state index in [9.17, 15) is 4.79 Å². The van der Waals surface area contributed by atoms with Crippen molar-refractivity contribution < 1.29 is 4.79 Å². The van der Waals surface area contributed by atoms with Crippen molar-refractivity contribution in [2.75, 3.05) is 5.75 Å². The van der Waals surface area contributed by atoms with Gasteiger partial charge in [0.2, 0.25) is 5.91 Å². The fourth-order valence-corrected chi connectivity index (χ4v) is 4.22. The van der Waals surface area contributed by atoms with E-state index in [-0.39, 0.29) is 11.9 Å². The maximum Gasteiger partial charge on any atom is 0.243 e. The first-order chi connectivity index (χ1) is 10.0. The molecule has 0 spiro atoms. The minimum absolute atomic E-state index is 0.154. The average Bonchev–Trinajstić information content (AvgIpc) is 2.97. The average molecular weight is 320 g/mol. The molecule has 0 fully saturated rings. The molecule has 1 atom stereocenters. The molecule has 0 aliphatic carbocycles. The van der Waals surface area contributed by atoms with Crippen LogP contribution in [0.2, 0.25) is 0 Å². The van der Waals surface area contributed by atoms with E-state index in [0.29, 0.717) is 5.75 Å². The second-order valence-electron chi connectivity index (χ2n) is 5.16. The second-order valence-corrected chi connectivity index (χ2v) is 7.38. The van der Waals surface area contributed by atoms with Gasteiger partial charge in [-0.25, -0.2) is 0 Å². The van der Waals surface area contributed by atoms with Gasteiger partial charge in [0.15, 0.2) is 0 Å². The fraction of sp³-hybridized carbons (Fsp3) is 0.312. The molecule has 0 aliphatic heterocycles. The number of thioether (sulfide) groups is 1. The molecule has 2 rings (SSSR count). The van der Waals surface area contributed by atoms with Gasteiger partial charge in [0.05, 0.1) is 4.21 Å². The molecular weight excluding hydrogens is 300 g/mol. The van der Waals surface area contributed by atoms with Crippen LogP contribution in [0, 0.1) is 0 Å². The lowest BCUT2D eigenvalue weighted by Gasteiger charge is -2.34. The van der Waals surface area contributed by atoms with Gasteiger partial charge in [-0.2, -0.15) is 0 Å². The van der Waals surface area contributed by atoms with Crippen LogP contribution in [-0.2, 0) is 10.3 Å². The molecule has 1 unspecified atom stereocenters. The van der Waals surface area contributed by atoms with Gasteiger partial charge >= 0.3 is 0 Å². The Morgan fingerprint density at radius 1 is 1.29 bits per heavy atom. The molecule has 21 heavy (non-hydrogen) atoms. The van der Waals surface area contributed by atoms with Crippen LogP contribution in [0.5, 0.6) is 0 Å². The summed E-state index contributed by atoms with van der Waals surface area (Å²) in [5, 5.41) is 5.42. The molecule has 0 radical (unpaired) electrons. The van der Waals surface area contributed by atoms with Crippen LogP contribution >= 0.6 is 23.1 Å². The van der Waals surface area contributed by atoms with Crippen molar-refractivity contribution in [3.8, 4) is 0 Å². The van der Waals surface area contributed by atoms with Gasteiger partial charge in [-0.05, 0) is 30.9 Å². The smallest absolute Gasteiger partial charge is 0.243 e. The first kappa shape index (κ1) is 16.1. The Kier molecular flexibility index (Phi) is 5.45. The number of nitrogens with two attached hydrogens (primary N) is 1. The van der Waals surface area contributed by atoms with Gasteiger partial charge < -0.3 is 5.73 Å². The number of amides is 1. The number of carbonyl (C=O) groups excluding carboxylic acids is 1. The number of hydrogen-bond acceptors (Lipinski definition) is 4. The van der Waals surface area contributed by atoms with Gasteiger partial charge in [-0.3, -0.25) is 10.1 Å². The van der Waals surface area contributed by atoms with Gasteiger partial charge in [-0.15, -0.1) is 23.1 Å². The minimum Gasteiger partial charge on any atom is -0.368 e. The third-order valence-corrected chi connectivity index (χ3v) is 5.45. The Labute approximate surface area is 133 Å². The molecule has 112 valence electrons. The van der Waals surface area contributed by atoms with Crippen LogP contribution in [-0.4, -0.2) is 17.7 Å². The molecule has 0 aliphatic rings. The van der Waals surface area contributed by atoms with Gasteiger partial charge in [0.1, 0.15) is 5.54 Å². The molecule has 0 bridgehead atoms. The minimum atomic E-state index is -0.857. The van der Waals surface area contributed by atoms with Crippen molar-refractivity contribution in [2.24, 2.45) is 5.73 Å². The quantitative estimate of drug-likeness (QED) is 0.770. The Bertz CT molecular complexity index is 569. The number of rotatable bonds is 7. The predicted octanol–water partition coefficient (Wildman–Crippen LogP) is 3.22. The zero-order valence-electron chi connectivity index (χ0n) is 12.2. The number of benzene rings is 1. The van der Waals surface area contributed by atoms with Crippen LogP contribution in [0.3, 0.4) is 0 Å². The Hall–Kier alpha value is -1.30. The maximum absolute atomic E-state index is 12.3. The number of thiophene rings is 1. The van der Waals surface area contributed by atoms with Crippen molar-refractivity contribution >= 4 is 29.0 Å². The lowest BCUT2D eigenvalue weighted by atomic mass is 9.90. The van der Waals surface area contributed by atoms with Crippen molar-refractivity contribution in [3.63, 3.8) is 0 Å². The zero-order chi connectivity index (χ0) is 15.3. The number of primary amides is 1. The van der Waals surface area contributed by atoms with Crippen LogP contribution in [0.25, 0.3) is 0 Å². The molecule has 1 aromatic carbocycles. The van der Waals surface area contributed by atoms with E-state index in [0.717, 1.165) is 5.56 Å². The van der Waals surface area contributed by atoms with E-state index < -0.39 is 5.54 Å². The normalized spacial score (nSPS) is 14.0. The van der Waals surface area contributed by atoms with Crippen LogP contribution < -0.4 is 11.1 Å². The van der Waals surface area contributed by atoms with Crippen LogP contribution in [0.15, 0.2) is 52.1 Å². The summed E-state index contributed by atoms with van der Waals surface area (Å²) in [5.74, 6) is 0.233. The van der Waals surface area contributed by atoms with Crippen molar-refractivity contribution in [1.29, 1.82) is 0 Å². The van der Waals surface area contributed by atoms with E-state index in [2.05, 4.69) is 11.4 Å². The Balaban J connectivity index is 2.33. The molecule has 0 saturated carbocycles. The first-order valence-electron chi connectivity index (χ1n) is 6.84. The standard InChI is InChI=1S/C16H20N2OS2/c1-12(2)18-16(15(17)19,13-7-4-3-5-8-13)11-21-14-9-6-10-20-14/h3-10,12,18H,11H2,1-2H3,(H2,17,19). The summed E-state index contributed by atoms with van der Waals surface area (Å²) in [4.78, 5) is 12.3. The van der Waals surface area contributed by atoms with Crippen molar-refractivity contribution in [3.05, 3.63) is 53.4 Å². The molecule has 2 aromatic rings. The summed E-state index contributed by atoms with van der Waals surface area (Å²) in [7, 11) is 0. The third kappa shape index (κ3) is 3.87. The summed E-state index contributed by atoms with van der Waals surface area (Å²) in [6, 6.07) is 13.9. The lowest BCUT2D eigenvalue weighted by molar-refractivity contribution is -0.124. The first-order valence-corrected chi connectivity index (χ1v) is 8.70. The number of hydrogen-bond donors (Lipinski definition) is 2. The van der Waals surface area contributed by atoms with Crippen molar-refractivity contribution in [2.45, 2.75) is 29.6 Å². The molecule has 3 N–H and O–H groups in total. The largest absolute Gasteiger partial charge is 0.368 e. The summed E-state index contributed by atoms with van der Waals surface area (Å²) in [5.41, 5.74) is 5.84. The summed E-state index contributed by atoms with van der Waals surface area (Å²) in [6.45, 7) is 4.05. The fourth-order valence-electron chi connectivity index (χ4n) is 2.23. The van der Waals surface area contributed by atoms with E-state index in [1.807, 2.05) is 55.6 Å². The Morgan fingerprint density at radius 2 is 2.00 bits per heavy atom. The molecule has 3 nitrogen and oxygen atoms in total. The highest BCUT2D eigenvalue weighted by molar-refractivity contribution is 8.01. The van der Waals surface area contributed by atoms with E-state index in [1.54, 1.807) is 23.1 Å². The van der Waals surface area contributed by atoms with Crippen molar-refractivity contribution in [1.82, 2.24) is 5.32 Å². The Morgan fingerprint density at radius 3 is 2.52 bits per heavy atom. The molecule has 0 saturated heterocycles. The lowest BCUT2D eigenvalue weighted by Crippen LogP contribution is -2.56. The summed E-state index contributed by atoms with van der Waals surface area (Å²) in [6.07, 6.45) is 0. The van der Waals surface area contributed by atoms with Gasteiger partial charge in [0, 0.05) is 11.8 Å². The molecule has 1 aromatic heterocycles. The highest BCUT2D eigenvalue weighted by Gasteiger charge is 2.39. The number of carbonyl (C=O) groups is 1. The maximum atomic E-state index is 12.3. The molecule has 1 amide bonds. The molecular formula is C16H20N2OS2. The summed E-state index contributed by atoms with van der Waals surface area (Å²) >= 11 is 3.33. The predicted molar refractivity (Wildman–Crippen MR) is 90.6 cm³/mol. The van der Waals surface area contributed by atoms with Crippen LogP contribution in [0.4, 0.5) is 0 Å². The highest BCUT2D eigenvalue weighted by atomic mass is 32.2. The van der Waals surface area contributed by atoms with E-state index >= 15 is 0 Å². The SMILES string of the molecule is CC(C)NC(CSc1cccs1)(C(N)=O)c1ccccc1. The third-order valence-electron chi connectivity index (χ3n) is 3.15. The highest BCUT2D eigenvalue weighted by Crippen LogP contribution is 2.32. The van der Waals surface area contributed by atoms with Gasteiger partial charge in [0.25, 0.3) is 0 Å².